The number of rotatable bonds is 7. The van der Waals surface area contributed by atoms with Crippen LogP contribution in [-0.4, -0.2) is 57.9 Å². The predicted molar refractivity (Wildman–Crippen MR) is 94.8 cm³/mol. The van der Waals surface area contributed by atoms with Gasteiger partial charge in [0.1, 0.15) is 12.2 Å². The van der Waals surface area contributed by atoms with Crippen LogP contribution >= 0.6 is 0 Å². The lowest BCUT2D eigenvalue weighted by Crippen LogP contribution is -2.44. The van der Waals surface area contributed by atoms with Gasteiger partial charge in [-0.1, -0.05) is 13.3 Å². The van der Waals surface area contributed by atoms with Gasteiger partial charge in [-0.15, -0.1) is 0 Å². The van der Waals surface area contributed by atoms with E-state index >= 15 is 0 Å². The highest BCUT2D eigenvalue weighted by molar-refractivity contribution is 5.79. The van der Waals surface area contributed by atoms with Gasteiger partial charge >= 0.3 is 0 Å². The average molecular weight is 349 g/mol. The first-order valence-electron chi connectivity index (χ1n) is 9.68. The van der Waals surface area contributed by atoms with Crippen LogP contribution in [0.2, 0.25) is 0 Å². The highest BCUT2D eigenvalue weighted by Gasteiger charge is 2.35. The van der Waals surface area contributed by atoms with Crippen LogP contribution in [0.25, 0.3) is 0 Å². The fraction of sp³-hybridized carbons (Fsp3) is 0.833. The van der Waals surface area contributed by atoms with Gasteiger partial charge in [-0.2, -0.15) is 5.10 Å². The van der Waals surface area contributed by atoms with Crippen molar-refractivity contribution in [1.29, 1.82) is 0 Å². The molecule has 25 heavy (non-hydrogen) atoms. The van der Waals surface area contributed by atoms with Crippen LogP contribution in [0.5, 0.6) is 0 Å². The summed E-state index contributed by atoms with van der Waals surface area (Å²) in [5.74, 6) is 1.86. The highest BCUT2D eigenvalue weighted by atomic mass is 16.5. The molecular formula is C18H31N5O2. The van der Waals surface area contributed by atoms with E-state index in [0.717, 1.165) is 57.7 Å². The molecule has 0 aromatic carbocycles. The van der Waals surface area contributed by atoms with Gasteiger partial charge in [0, 0.05) is 44.8 Å². The first kappa shape index (κ1) is 18.3. The number of carbonyl (C=O) groups excluding carboxylic acids is 1. The number of likely N-dealkylation sites (tertiary alicyclic amines) is 1. The van der Waals surface area contributed by atoms with E-state index in [0.29, 0.717) is 19.1 Å². The molecule has 0 spiro atoms. The van der Waals surface area contributed by atoms with Crippen molar-refractivity contribution >= 4 is 5.91 Å². The van der Waals surface area contributed by atoms with Gasteiger partial charge in [-0.25, -0.2) is 9.67 Å². The first-order chi connectivity index (χ1) is 12.2. The van der Waals surface area contributed by atoms with Crippen molar-refractivity contribution in [3.05, 3.63) is 12.2 Å². The molecule has 2 atom stereocenters. The van der Waals surface area contributed by atoms with Gasteiger partial charge in [0.15, 0.2) is 0 Å². The largest absolute Gasteiger partial charge is 0.381 e. The third-order valence-corrected chi connectivity index (χ3v) is 5.46. The van der Waals surface area contributed by atoms with E-state index in [2.05, 4.69) is 34.1 Å². The highest BCUT2D eigenvalue weighted by Crippen LogP contribution is 2.24. The molecule has 2 fully saturated rings. The van der Waals surface area contributed by atoms with Crippen LogP contribution in [0.3, 0.4) is 0 Å². The van der Waals surface area contributed by atoms with Gasteiger partial charge in [0.2, 0.25) is 5.91 Å². The third-order valence-electron chi connectivity index (χ3n) is 5.46. The zero-order valence-electron chi connectivity index (χ0n) is 15.5. The first-order valence-corrected chi connectivity index (χ1v) is 9.68. The lowest BCUT2D eigenvalue weighted by molar-refractivity contribution is -0.128. The molecule has 2 aliphatic rings. The molecule has 2 unspecified atom stereocenters. The predicted octanol–water partition coefficient (Wildman–Crippen LogP) is 1.44. The van der Waals surface area contributed by atoms with Crippen LogP contribution in [-0.2, 0) is 22.6 Å². The molecule has 140 valence electrons. The van der Waals surface area contributed by atoms with Gasteiger partial charge in [-0.3, -0.25) is 9.69 Å². The summed E-state index contributed by atoms with van der Waals surface area (Å²) in [6, 6.07) is 0.244. The van der Waals surface area contributed by atoms with Crippen molar-refractivity contribution in [2.45, 2.75) is 58.7 Å². The van der Waals surface area contributed by atoms with E-state index in [-0.39, 0.29) is 17.9 Å². The summed E-state index contributed by atoms with van der Waals surface area (Å²) >= 11 is 0. The molecular weight excluding hydrogens is 318 g/mol. The Hall–Kier alpha value is -1.47. The summed E-state index contributed by atoms with van der Waals surface area (Å²) in [4.78, 5) is 19.4. The Bertz CT molecular complexity index is 555. The Kier molecular flexibility index (Phi) is 6.42. The second-order valence-corrected chi connectivity index (χ2v) is 7.24. The molecule has 0 aliphatic carbocycles. The van der Waals surface area contributed by atoms with Crippen LogP contribution < -0.4 is 5.32 Å². The van der Waals surface area contributed by atoms with Gasteiger partial charge in [0.25, 0.3) is 0 Å². The van der Waals surface area contributed by atoms with Crippen molar-refractivity contribution in [3.63, 3.8) is 0 Å². The molecule has 0 radical (unpaired) electrons. The van der Waals surface area contributed by atoms with Crippen molar-refractivity contribution in [2.75, 3.05) is 26.3 Å². The summed E-state index contributed by atoms with van der Waals surface area (Å²) in [5.41, 5.74) is 0. The van der Waals surface area contributed by atoms with Crippen LogP contribution in [0.15, 0.2) is 6.33 Å². The van der Waals surface area contributed by atoms with E-state index in [1.807, 2.05) is 4.68 Å². The lowest BCUT2D eigenvalue weighted by atomic mass is 9.95. The minimum Gasteiger partial charge on any atom is -0.381 e. The Balaban J connectivity index is 1.58. The molecule has 1 aromatic rings. The number of nitrogens with zero attached hydrogens (tertiary/aromatic N) is 4. The standard InChI is InChI=1S/C18H31N5O2/c1-3-5-15-10-22(12-17-19-13-20-23(17)4-2)11-16(15)21-18(24)14-6-8-25-9-7-14/h13-16H,3-12H2,1-2H3,(H,21,24). The molecule has 7 nitrogen and oxygen atoms in total. The smallest absolute Gasteiger partial charge is 0.223 e. The van der Waals surface area contributed by atoms with Crippen molar-refractivity contribution in [3.8, 4) is 0 Å². The van der Waals surface area contributed by atoms with Crippen LogP contribution in [0, 0.1) is 11.8 Å². The van der Waals surface area contributed by atoms with Crippen molar-refractivity contribution < 1.29 is 9.53 Å². The number of nitrogens with one attached hydrogen (secondary N) is 1. The normalized spacial score (nSPS) is 25.4. The van der Waals surface area contributed by atoms with Gasteiger partial charge in [0.05, 0.1) is 6.54 Å². The van der Waals surface area contributed by atoms with E-state index in [9.17, 15) is 4.79 Å². The number of hydrogen-bond donors (Lipinski definition) is 1. The summed E-state index contributed by atoms with van der Waals surface area (Å²) in [7, 11) is 0. The second-order valence-electron chi connectivity index (χ2n) is 7.24. The summed E-state index contributed by atoms with van der Waals surface area (Å²) < 4.78 is 7.32. The molecule has 3 heterocycles. The van der Waals surface area contributed by atoms with Crippen molar-refractivity contribution in [1.82, 2.24) is 25.0 Å². The number of hydrogen-bond acceptors (Lipinski definition) is 5. The Morgan fingerprint density at radius 2 is 2.12 bits per heavy atom. The van der Waals surface area contributed by atoms with Crippen LogP contribution in [0.1, 0.15) is 45.4 Å². The molecule has 7 heteroatoms. The summed E-state index contributed by atoms with van der Waals surface area (Å²) in [6.07, 6.45) is 5.62. The topological polar surface area (TPSA) is 72.3 Å². The monoisotopic (exact) mass is 349 g/mol. The fourth-order valence-corrected chi connectivity index (χ4v) is 4.05. The number of amides is 1. The summed E-state index contributed by atoms with van der Waals surface area (Å²) in [5, 5.41) is 7.60. The second kappa shape index (κ2) is 8.76. The minimum atomic E-state index is 0.119. The zero-order valence-corrected chi connectivity index (χ0v) is 15.5. The van der Waals surface area contributed by atoms with Crippen LogP contribution in [0.4, 0.5) is 0 Å². The van der Waals surface area contributed by atoms with Gasteiger partial charge < -0.3 is 10.1 Å². The fourth-order valence-electron chi connectivity index (χ4n) is 4.05. The molecule has 1 N–H and O–H groups in total. The number of aromatic nitrogens is 3. The number of aryl methyl sites for hydroxylation is 1. The third kappa shape index (κ3) is 4.58. The lowest BCUT2D eigenvalue weighted by Gasteiger charge is -2.25. The SMILES string of the molecule is CCCC1CN(Cc2ncnn2CC)CC1NC(=O)C1CCOCC1. The average Bonchev–Trinajstić information content (AvgIpc) is 3.23. The quantitative estimate of drug-likeness (QED) is 0.806. The molecule has 1 aromatic heterocycles. The van der Waals surface area contributed by atoms with E-state index in [4.69, 9.17) is 4.74 Å². The number of ether oxygens (including phenoxy) is 1. The molecule has 2 saturated heterocycles. The molecule has 1 amide bonds. The Morgan fingerprint density at radius 1 is 1.32 bits per heavy atom. The molecule has 2 aliphatic heterocycles. The maximum atomic E-state index is 12.6. The number of carbonyl (C=O) groups is 1. The maximum Gasteiger partial charge on any atom is 0.223 e. The summed E-state index contributed by atoms with van der Waals surface area (Å²) in [6.45, 7) is 9.27. The Morgan fingerprint density at radius 3 is 2.84 bits per heavy atom. The molecule has 0 bridgehead atoms. The minimum absolute atomic E-state index is 0.119. The van der Waals surface area contributed by atoms with E-state index in [1.165, 1.54) is 0 Å². The zero-order chi connectivity index (χ0) is 17.6. The molecule has 3 rings (SSSR count). The van der Waals surface area contributed by atoms with Gasteiger partial charge in [-0.05, 0) is 32.1 Å². The van der Waals surface area contributed by atoms with Crippen molar-refractivity contribution in [2.24, 2.45) is 11.8 Å². The Labute approximate surface area is 150 Å². The van der Waals surface area contributed by atoms with E-state index in [1.54, 1.807) is 6.33 Å². The maximum absolute atomic E-state index is 12.6. The molecule has 0 saturated carbocycles. The van der Waals surface area contributed by atoms with E-state index < -0.39 is 0 Å².